The van der Waals surface area contributed by atoms with Gasteiger partial charge in [0.2, 0.25) is 10.0 Å². The first-order chi connectivity index (χ1) is 13.6. The number of nitrogens with one attached hydrogen (secondary N) is 2. The van der Waals surface area contributed by atoms with Gasteiger partial charge in [0.1, 0.15) is 5.60 Å². The molecule has 0 radical (unpaired) electrons. The number of piperazine rings is 1. The zero-order chi connectivity index (χ0) is 21.2. The molecule has 0 aliphatic carbocycles. The molecule has 30 heavy (non-hydrogen) atoms. The van der Waals surface area contributed by atoms with Crippen LogP contribution >= 0.6 is 24.0 Å². The number of guanidine groups is 1. The summed E-state index contributed by atoms with van der Waals surface area (Å²) >= 11 is 0. The smallest absolute Gasteiger partial charge is 0.410 e. The first-order valence-electron chi connectivity index (χ1n) is 9.64. The summed E-state index contributed by atoms with van der Waals surface area (Å²) < 4.78 is 31.4. The molecular formula is C19H30IN5O4S. The van der Waals surface area contributed by atoms with Crippen molar-refractivity contribution < 1.29 is 17.9 Å². The molecule has 1 atom stereocenters. The molecule has 1 saturated heterocycles. The molecule has 1 fully saturated rings. The van der Waals surface area contributed by atoms with Crippen LogP contribution in [-0.2, 0) is 21.3 Å². The Kier molecular flexibility index (Phi) is 7.97. The average molecular weight is 551 g/mol. The number of carbonyl (C=O) groups is 1. The lowest BCUT2D eigenvalue weighted by Crippen LogP contribution is -2.57. The minimum Gasteiger partial charge on any atom is -0.444 e. The Morgan fingerprint density at radius 2 is 1.90 bits per heavy atom. The summed E-state index contributed by atoms with van der Waals surface area (Å²) in [6.45, 7) is 8.62. The van der Waals surface area contributed by atoms with E-state index >= 15 is 0 Å². The Morgan fingerprint density at radius 3 is 2.50 bits per heavy atom. The molecule has 2 heterocycles. The average Bonchev–Trinajstić information content (AvgIpc) is 3.07. The molecule has 2 N–H and O–H groups in total. The van der Waals surface area contributed by atoms with Crippen molar-refractivity contribution in [1.29, 1.82) is 0 Å². The summed E-state index contributed by atoms with van der Waals surface area (Å²) in [6, 6.07) is 6.88. The van der Waals surface area contributed by atoms with Crippen molar-refractivity contribution in [1.82, 2.24) is 19.8 Å². The van der Waals surface area contributed by atoms with E-state index in [1.807, 2.05) is 20.8 Å². The number of hydrogen-bond donors (Lipinski definition) is 2. The maximum Gasteiger partial charge on any atom is 0.410 e. The third-order valence-electron chi connectivity index (χ3n) is 4.81. The van der Waals surface area contributed by atoms with Crippen molar-refractivity contribution in [3.8, 4) is 0 Å². The Morgan fingerprint density at radius 1 is 1.23 bits per heavy atom. The highest BCUT2D eigenvalue weighted by Gasteiger charge is 2.36. The van der Waals surface area contributed by atoms with Crippen molar-refractivity contribution in [3.63, 3.8) is 0 Å². The number of carbonyl (C=O) groups excluding carboxylic acids is 1. The fraction of sp³-hybridized carbons (Fsp3) is 0.579. The van der Waals surface area contributed by atoms with Crippen LogP contribution in [0.4, 0.5) is 4.79 Å². The molecule has 11 heteroatoms. The lowest BCUT2D eigenvalue weighted by Gasteiger charge is -2.39. The van der Waals surface area contributed by atoms with Gasteiger partial charge in [-0.25, -0.2) is 17.9 Å². The maximum absolute atomic E-state index is 12.3. The van der Waals surface area contributed by atoms with E-state index in [1.54, 1.807) is 29.2 Å². The van der Waals surface area contributed by atoms with E-state index < -0.39 is 15.6 Å². The maximum atomic E-state index is 12.3. The van der Waals surface area contributed by atoms with E-state index in [9.17, 15) is 13.2 Å². The van der Waals surface area contributed by atoms with Gasteiger partial charge >= 0.3 is 6.09 Å². The van der Waals surface area contributed by atoms with Gasteiger partial charge in [0.05, 0.1) is 17.5 Å². The van der Waals surface area contributed by atoms with Crippen LogP contribution in [0.5, 0.6) is 0 Å². The molecule has 1 unspecified atom stereocenters. The predicted molar refractivity (Wildman–Crippen MR) is 126 cm³/mol. The summed E-state index contributed by atoms with van der Waals surface area (Å²) in [5, 5.41) is 3.33. The van der Waals surface area contributed by atoms with Crippen molar-refractivity contribution in [2.24, 2.45) is 4.99 Å². The van der Waals surface area contributed by atoms with Gasteiger partial charge in [-0.2, -0.15) is 0 Å². The zero-order valence-electron chi connectivity index (χ0n) is 17.7. The lowest BCUT2D eigenvalue weighted by atomic mass is 10.2. The molecule has 1 aromatic carbocycles. The first-order valence-corrected chi connectivity index (χ1v) is 11.1. The number of sulfonamides is 1. The summed E-state index contributed by atoms with van der Waals surface area (Å²) in [5.41, 5.74) is 0.452. The standard InChI is InChI=1S/C19H29N5O4S.HI/c1-19(2,3)28-18(25)23-9-10-24-15(13-23)12-22-17(24)21-11-14-5-7-16(8-6-14)29(26,27)20-4;/h5-8,15,20H,9-13H2,1-4H3,(H,21,22);1H. The predicted octanol–water partition coefficient (Wildman–Crippen LogP) is 1.59. The Balaban J connectivity index is 0.00000320. The number of halogens is 1. The van der Waals surface area contributed by atoms with Crippen molar-refractivity contribution in [2.45, 2.75) is 43.9 Å². The number of amides is 1. The fourth-order valence-corrected chi connectivity index (χ4v) is 4.04. The molecular weight excluding hydrogens is 521 g/mol. The fourth-order valence-electron chi connectivity index (χ4n) is 3.31. The van der Waals surface area contributed by atoms with E-state index in [0.717, 1.165) is 11.5 Å². The van der Waals surface area contributed by atoms with Crippen LogP contribution in [-0.4, -0.2) is 75.1 Å². The minimum atomic E-state index is -3.43. The Bertz CT molecular complexity index is 883. The molecule has 0 bridgehead atoms. The van der Waals surface area contributed by atoms with Crippen molar-refractivity contribution in [2.75, 3.05) is 33.2 Å². The Labute approximate surface area is 195 Å². The van der Waals surface area contributed by atoms with Gasteiger partial charge in [0, 0.05) is 26.2 Å². The second-order valence-corrected chi connectivity index (χ2v) is 10.0. The van der Waals surface area contributed by atoms with E-state index in [4.69, 9.17) is 4.74 Å². The minimum absolute atomic E-state index is 0. The highest BCUT2D eigenvalue weighted by Crippen LogP contribution is 2.19. The van der Waals surface area contributed by atoms with Crippen LogP contribution in [0.3, 0.4) is 0 Å². The topological polar surface area (TPSA) is 103 Å². The molecule has 168 valence electrons. The zero-order valence-corrected chi connectivity index (χ0v) is 20.9. The number of fused-ring (bicyclic) bond motifs is 1. The highest BCUT2D eigenvalue weighted by molar-refractivity contribution is 14.0. The van der Waals surface area contributed by atoms with E-state index in [0.29, 0.717) is 32.7 Å². The van der Waals surface area contributed by atoms with Crippen LogP contribution in [0, 0.1) is 0 Å². The van der Waals surface area contributed by atoms with Gasteiger partial charge in [0.25, 0.3) is 0 Å². The quantitative estimate of drug-likeness (QED) is 0.552. The van der Waals surface area contributed by atoms with Crippen LogP contribution in [0.1, 0.15) is 26.3 Å². The third-order valence-corrected chi connectivity index (χ3v) is 6.24. The molecule has 0 aromatic heterocycles. The van der Waals surface area contributed by atoms with E-state index in [2.05, 4.69) is 19.9 Å². The van der Waals surface area contributed by atoms with Gasteiger partial charge in [0.15, 0.2) is 5.96 Å². The lowest BCUT2D eigenvalue weighted by molar-refractivity contribution is 0.0137. The molecule has 1 aromatic rings. The van der Waals surface area contributed by atoms with Crippen molar-refractivity contribution >= 4 is 46.1 Å². The number of hydrogen-bond acceptors (Lipinski definition) is 7. The van der Waals surface area contributed by atoms with Crippen molar-refractivity contribution in [3.05, 3.63) is 29.8 Å². The van der Waals surface area contributed by atoms with Crippen LogP contribution in [0.25, 0.3) is 0 Å². The summed E-state index contributed by atoms with van der Waals surface area (Å²) in [5.74, 6) is 0.811. The number of ether oxygens (including phenoxy) is 1. The Hall–Kier alpha value is -1.60. The molecule has 9 nitrogen and oxygen atoms in total. The first kappa shape index (κ1) is 24.7. The second kappa shape index (κ2) is 9.69. The second-order valence-electron chi connectivity index (χ2n) is 8.14. The molecule has 3 rings (SSSR count). The van der Waals surface area contributed by atoms with Crippen LogP contribution in [0.2, 0.25) is 0 Å². The molecule has 0 saturated carbocycles. The summed E-state index contributed by atoms with van der Waals surface area (Å²) in [6.07, 6.45) is -0.282. The monoisotopic (exact) mass is 551 g/mol. The summed E-state index contributed by atoms with van der Waals surface area (Å²) in [4.78, 5) is 21.0. The molecule has 2 aliphatic rings. The van der Waals surface area contributed by atoms with Crippen LogP contribution < -0.4 is 10.0 Å². The van der Waals surface area contributed by atoms with Gasteiger partial charge in [-0.1, -0.05) is 12.1 Å². The number of benzene rings is 1. The summed E-state index contributed by atoms with van der Waals surface area (Å²) in [7, 11) is -2.04. The van der Waals surface area contributed by atoms with Gasteiger partial charge in [-0.15, -0.1) is 24.0 Å². The normalized spacial score (nSPS) is 18.9. The molecule has 2 aliphatic heterocycles. The third kappa shape index (κ3) is 5.97. The van der Waals surface area contributed by atoms with E-state index in [1.165, 1.54) is 7.05 Å². The number of nitrogens with zero attached hydrogens (tertiary/aromatic N) is 3. The highest BCUT2D eigenvalue weighted by atomic mass is 127. The van der Waals surface area contributed by atoms with Gasteiger partial charge in [-0.05, 0) is 45.5 Å². The van der Waals surface area contributed by atoms with Gasteiger partial charge in [-0.3, -0.25) is 4.99 Å². The largest absolute Gasteiger partial charge is 0.444 e. The molecule has 1 amide bonds. The SMILES string of the molecule is CNS(=O)(=O)c1ccc(CNC2=NCC3CN(C(=O)OC(C)(C)C)CCN23)cc1.I. The van der Waals surface area contributed by atoms with Crippen LogP contribution in [0.15, 0.2) is 34.2 Å². The number of rotatable bonds is 4. The van der Waals surface area contributed by atoms with E-state index in [-0.39, 0.29) is 41.0 Å². The molecule has 0 spiro atoms. The van der Waals surface area contributed by atoms with Gasteiger partial charge < -0.3 is 19.9 Å². The number of aliphatic imine (C=N–C) groups is 1.